The molecule has 0 unspecified atom stereocenters. The summed E-state index contributed by atoms with van der Waals surface area (Å²) in [6.07, 6.45) is 2.98. The molecule has 1 aliphatic rings. The van der Waals surface area contributed by atoms with Gasteiger partial charge in [0.05, 0.1) is 5.41 Å². The molecule has 0 aromatic carbocycles. The standard InChI is InChI=1S/C13H22N2O4/c1-4-13(5-6-13)8-14-11(19)15-9(16)7-12(2,3)10(17)18/h4-8H2,1-3H3,(H,17,18)(H2,14,15,16,19). The predicted molar refractivity (Wildman–Crippen MR) is 69.5 cm³/mol. The van der Waals surface area contributed by atoms with Gasteiger partial charge >= 0.3 is 12.0 Å². The molecule has 0 spiro atoms. The Morgan fingerprint density at radius 1 is 1.26 bits per heavy atom. The normalized spacial score (nSPS) is 16.6. The number of aliphatic carboxylic acids is 1. The van der Waals surface area contributed by atoms with Crippen LogP contribution in [0.3, 0.4) is 0 Å². The summed E-state index contributed by atoms with van der Waals surface area (Å²) < 4.78 is 0. The fourth-order valence-corrected chi connectivity index (χ4v) is 1.79. The van der Waals surface area contributed by atoms with E-state index in [1.807, 2.05) is 0 Å². The Balaban J connectivity index is 2.32. The van der Waals surface area contributed by atoms with Gasteiger partial charge in [-0.05, 0) is 38.5 Å². The van der Waals surface area contributed by atoms with Gasteiger partial charge < -0.3 is 10.4 Å². The highest BCUT2D eigenvalue weighted by molar-refractivity contribution is 5.96. The van der Waals surface area contributed by atoms with E-state index in [0.29, 0.717) is 6.54 Å². The number of carbonyl (C=O) groups excluding carboxylic acids is 2. The average Bonchev–Trinajstić information content (AvgIpc) is 3.06. The van der Waals surface area contributed by atoms with E-state index in [-0.39, 0.29) is 11.8 Å². The first kappa shape index (κ1) is 15.5. The second kappa shape index (κ2) is 5.59. The highest BCUT2D eigenvalue weighted by Gasteiger charge is 2.40. The maximum Gasteiger partial charge on any atom is 0.321 e. The number of hydrogen-bond donors (Lipinski definition) is 3. The number of imide groups is 1. The minimum atomic E-state index is -1.18. The smallest absolute Gasteiger partial charge is 0.321 e. The number of carboxylic acids is 1. The third kappa shape index (κ3) is 4.54. The van der Waals surface area contributed by atoms with Gasteiger partial charge in [0, 0.05) is 13.0 Å². The number of urea groups is 1. The molecule has 0 aromatic heterocycles. The molecule has 0 aliphatic heterocycles. The lowest BCUT2D eigenvalue weighted by Crippen LogP contribution is -2.43. The van der Waals surface area contributed by atoms with Gasteiger partial charge in [0.15, 0.2) is 0 Å². The zero-order chi connectivity index (χ0) is 14.7. The van der Waals surface area contributed by atoms with Gasteiger partial charge in [-0.25, -0.2) is 4.79 Å². The van der Waals surface area contributed by atoms with Gasteiger partial charge in [0.2, 0.25) is 5.91 Å². The summed E-state index contributed by atoms with van der Waals surface area (Å²) in [6, 6.07) is -0.550. The highest BCUT2D eigenvalue weighted by Crippen LogP contribution is 2.47. The number of amides is 3. The molecule has 0 saturated heterocycles. The lowest BCUT2D eigenvalue weighted by Gasteiger charge is -2.18. The molecular weight excluding hydrogens is 248 g/mol. The van der Waals surface area contributed by atoms with Crippen LogP contribution in [-0.4, -0.2) is 29.6 Å². The van der Waals surface area contributed by atoms with Crippen molar-refractivity contribution >= 4 is 17.9 Å². The Hall–Kier alpha value is -1.59. The molecule has 3 amide bonds. The van der Waals surface area contributed by atoms with Crippen molar-refractivity contribution in [3.63, 3.8) is 0 Å². The third-order valence-corrected chi connectivity index (χ3v) is 3.77. The lowest BCUT2D eigenvalue weighted by atomic mass is 9.89. The molecular formula is C13H22N2O4. The molecule has 1 aliphatic carbocycles. The first-order valence-corrected chi connectivity index (χ1v) is 6.52. The molecule has 6 heteroatoms. The number of carboxylic acid groups (broad SMARTS) is 1. The van der Waals surface area contributed by atoms with Gasteiger partial charge in [0.25, 0.3) is 0 Å². The molecule has 3 N–H and O–H groups in total. The summed E-state index contributed by atoms with van der Waals surface area (Å²) in [4.78, 5) is 33.9. The summed E-state index contributed by atoms with van der Waals surface area (Å²) in [5.41, 5.74) is -0.966. The van der Waals surface area contributed by atoms with Crippen LogP contribution in [0.2, 0.25) is 0 Å². The Morgan fingerprint density at radius 2 is 1.84 bits per heavy atom. The van der Waals surface area contributed by atoms with Crippen LogP contribution in [0.5, 0.6) is 0 Å². The molecule has 0 heterocycles. The van der Waals surface area contributed by atoms with E-state index < -0.39 is 23.3 Å². The SMILES string of the molecule is CCC1(CNC(=O)NC(=O)CC(C)(C)C(=O)O)CC1. The zero-order valence-electron chi connectivity index (χ0n) is 11.7. The van der Waals surface area contributed by atoms with E-state index >= 15 is 0 Å². The Morgan fingerprint density at radius 3 is 2.26 bits per heavy atom. The van der Waals surface area contributed by atoms with Gasteiger partial charge in [-0.1, -0.05) is 6.92 Å². The van der Waals surface area contributed by atoms with Crippen LogP contribution >= 0.6 is 0 Å². The van der Waals surface area contributed by atoms with Crippen LogP contribution < -0.4 is 10.6 Å². The minimum Gasteiger partial charge on any atom is -0.481 e. The maximum absolute atomic E-state index is 11.5. The topological polar surface area (TPSA) is 95.5 Å². The maximum atomic E-state index is 11.5. The fraction of sp³-hybridized carbons (Fsp3) is 0.769. The highest BCUT2D eigenvalue weighted by atomic mass is 16.4. The van der Waals surface area contributed by atoms with Crippen LogP contribution in [0.4, 0.5) is 4.79 Å². The van der Waals surface area contributed by atoms with Crippen LogP contribution in [-0.2, 0) is 9.59 Å². The first-order chi connectivity index (χ1) is 8.71. The first-order valence-electron chi connectivity index (χ1n) is 6.52. The van der Waals surface area contributed by atoms with Crippen molar-refractivity contribution in [1.82, 2.24) is 10.6 Å². The van der Waals surface area contributed by atoms with E-state index in [4.69, 9.17) is 5.11 Å². The summed E-state index contributed by atoms with van der Waals surface area (Å²) in [5.74, 6) is -1.64. The molecule has 19 heavy (non-hydrogen) atoms. The van der Waals surface area contributed by atoms with Gasteiger partial charge in [-0.2, -0.15) is 0 Å². The van der Waals surface area contributed by atoms with Gasteiger partial charge in [-0.3, -0.25) is 14.9 Å². The van der Waals surface area contributed by atoms with Gasteiger partial charge in [0.1, 0.15) is 0 Å². The summed E-state index contributed by atoms with van der Waals surface area (Å²) >= 11 is 0. The Kier molecular flexibility index (Phi) is 4.55. The monoisotopic (exact) mass is 270 g/mol. The molecule has 0 aromatic rings. The van der Waals surface area contributed by atoms with Crippen molar-refractivity contribution in [2.24, 2.45) is 10.8 Å². The number of nitrogens with one attached hydrogen (secondary N) is 2. The molecule has 0 atom stereocenters. The van der Waals surface area contributed by atoms with Crippen LogP contribution in [0, 0.1) is 10.8 Å². The van der Waals surface area contributed by atoms with Crippen LogP contribution in [0.1, 0.15) is 46.5 Å². The second-order valence-corrected chi connectivity index (χ2v) is 5.95. The number of rotatable bonds is 6. The molecule has 0 radical (unpaired) electrons. The molecule has 1 saturated carbocycles. The number of hydrogen-bond acceptors (Lipinski definition) is 3. The Labute approximate surface area is 112 Å². The van der Waals surface area contributed by atoms with E-state index in [2.05, 4.69) is 17.6 Å². The van der Waals surface area contributed by atoms with E-state index in [1.54, 1.807) is 0 Å². The molecule has 0 bridgehead atoms. The zero-order valence-corrected chi connectivity index (χ0v) is 11.7. The van der Waals surface area contributed by atoms with Crippen molar-refractivity contribution in [1.29, 1.82) is 0 Å². The molecule has 108 valence electrons. The van der Waals surface area contributed by atoms with E-state index in [0.717, 1.165) is 19.3 Å². The molecule has 6 nitrogen and oxygen atoms in total. The van der Waals surface area contributed by atoms with Crippen molar-refractivity contribution in [3.05, 3.63) is 0 Å². The predicted octanol–water partition coefficient (Wildman–Crippen LogP) is 1.50. The summed E-state index contributed by atoms with van der Waals surface area (Å²) in [6.45, 7) is 5.53. The van der Waals surface area contributed by atoms with E-state index in [1.165, 1.54) is 13.8 Å². The van der Waals surface area contributed by atoms with Crippen molar-refractivity contribution in [2.45, 2.75) is 46.5 Å². The van der Waals surface area contributed by atoms with Gasteiger partial charge in [-0.15, -0.1) is 0 Å². The quantitative estimate of drug-likeness (QED) is 0.681. The largest absolute Gasteiger partial charge is 0.481 e. The van der Waals surface area contributed by atoms with Crippen molar-refractivity contribution in [3.8, 4) is 0 Å². The van der Waals surface area contributed by atoms with Crippen molar-refractivity contribution in [2.75, 3.05) is 6.54 Å². The minimum absolute atomic E-state index is 0.209. The summed E-state index contributed by atoms with van der Waals surface area (Å²) in [5, 5.41) is 13.7. The average molecular weight is 270 g/mol. The lowest BCUT2D eigenvalue weighted by molar-refractivity contribution is -0.149. The third-order valence-electron chi connectivity index (χ3n) is 3.77. The molecule has 1 rings (SSSR count). The fourth-order valence-electron chi connectivity index (χ4n) is 1.79. The van der Waals surface area contributed by atoms with Crippen LogP contribution in [0.25, 0.3) is 0 Å². The summed E-state index contributed by atoms with van der Waals surface area (Å²) in [7, 11) is 0. The second-order valence-electron chi connectivity index (χ2n) is 5.95. The van der Waals surface area contributed by atoms with Crippen molar-refractivity contribution < 1.29 is 19.5 Å². The van der Waals surface area contributed by atoms with E-state index in [9.17, 15) is 14.4 Å². The van der Waals surface area contributed by atoms with Crippen LogP contribution in [0.15, 0.2) is 0 Å². The molecule has 1 fully saturated rings. The number of carbonyl (C=O) groups is 3. The Bertz CT molecular complexity index is 386.